The van der Waals surface area contributed by atoms with E-state index in [9.17, 15) is 4.79 Å². The van der Waals surface area contributed by atoms with Crippen molar-refractivity contribution in [2.45, 2.75) is 20.4 Å². The minimum absolute atomic E-state index is 0.0997. The van der Waals surface area contributed by atoms with E-state index in [0.717, 1.165) is 5.56 Å². The van der Waals surface area contributed by atoms with Crippen LogP contribution < -0.4 is 0 Å². The summed E-state index contributed by atoms with van der Waals surface area (Å²) in [5.41, 5.74) is 4.02. The quantitative estimate of drug-likeness (QED) is 0.864. The minimum atomic E-state index is -0.0997. The third-order valence-corrected chi connectivity index (χ3v) is 3.56. The van der Waals surface area contributed by atoms with Crippen molar-refractivity contribution >= 4 is 17.5 Å². The average Bonchev–Trinajstić information content (AvgIpc) is 2.41. The first kappa shape index (κ1) is 14.5. The molecular weight excluding hydrogens is 272 g/mol. The second-order valence-corrected chi connectivity index (χ2v) is 5.35. The van der Waals surface area contributed by atoms with Gasteiger partial charge in [0.05, 0.1) is 10.6 Å². The summed E-state index contributed by atoms with van der Waals surface area (Å²) in [5.74, 6) is -0.0997. The van der Waals surface area contributed by atoms with Crippen molar-refractivity contribution in [2.75, 3.05) is 7.05 Å². The predicted octanol–water partition coefficient (Wildman–Crippen LogP) is 3.62. The van der Waals surface area contributed by atoms with Crippen LogP contribution in [-0.4, -0.2) is 22.8 Å². The molecule has 0 saturated heterocycles. The molecule has 1 heterocycles. The molecule has 0 N–H and O–H groups in total. The van der Waals surface area contributed by atoms with Crippen LogP contribution in [0.15, 0.2) is 36.7 Å². The van der Waals surface area contributed by atoms with Crippen LogP contribution >= 0.6 is 11.6 Å². The topological polar surface area (TPSA) is 33.2 Å². The molecule has 0 aliphatic heterocycles. The lowest BCUT2D eigenvalue weighted by atomic mass is 10.1. The zero-order chi connectivity index (χ0) is 14.7. The molecule has 0 aliphatic carbocycles. The number of carbonyl (C=O) groups excluding carboxylic acids is 1. The van der Waals surface area contributed by atoms with Gasteiger partial charge in [-0.1, -0.05) is 35.4 Å². The monoisotopic (exact) mass is 288 g/mol. The van der Waals surface area contributed by atoms with Crippen molar-refractivity contribution in [3.05, 3.63) is 63.9 Å². The zero-order valence-corrected chi connectivity index (χ0v) is 12.6. The van der Waals surface area contributed by atoms with Crippen LogP contribution in [0.2, 0.25) is 5.02 Å². The zero-order valence-electron chi connectivity index (χ0n) is 11.9. The van der Waals surface area contributed by atoms with Gasteiger partial charge in [-0.2, -0.15) is 0 Å². The molecule has 2 rings (SSSR count). The highest BCUT2D eigenvalue weighted by atomic mass is 35.5. The highest BCUT2D eigenvalue weighted by Crippen LogP contribution is 2.18. The van der Waals surface area contributed by atoms with Crippen molar-refractivity contribution in [3.63, 3.8) is 0 Å². The lowest BCUT2D eigenvalue weighted by Crippen LogP contribution is -2.26. The Hall–Kier alpha value is -1.87. The number of aryl methyl sites for hydroxylation is 2. The van der Waals surface area contributed by atoms with E-state index in [1.165, 1.54) is 17.3 Å². The van der Waals surface area contributed by atoms with Crippen LogP contribution in [0, 0.1) is 13.8 Å². The number of nitrogens with zero attached hydrogens (tertiary/aromatic N) is 2. The largest absolute Gasteiger partial charge is 0.337 e. The molecule has 4 heteroatoms. The third-order valence-electron chi connectivity index (χ3n) is 3.26. The summed E-state index contributed by atoms with van der Waals surface area (Å²) in [5, 5.41) is 0.380. The molecule has 20 heavy (non-hydrogen) atoms. The van der Waals surface area contributed by atoms with Crippen LogP contribution in [-0.2, 0) is 6.54 Å². The SMILES string of the molecule is Cc1ccc(CN(C)C(=O)c2ccncc2Cl)c(C)c1. The summed E-state index contributed by atoms with van der Waals surface area (Å²) in [6.45, 7) is 4.67. The Balaban J connectivity index is 2.18. The van der Waals surface area contributed by atoms with Crippen molar-refractivity contribution < 1.29 is 4.79 Å². The van der Waals surface area contributed by atoms with Gasteiger partial charge in [-0.05, 0) is 31.0 Å². The molecule has 1 aromatic carbocycles. The van der Waals surface area contributed by atoms with Crippen molar-refractivity contribution in [1.82, 2.24) is 9.88 Å². The molecule has 0 saturated carbocycles. The van der Waals surface area contributed by atoms with E-state index in [2.05, 4.69) is 37.0 Å². The third kappa shape index (κ3) is 3.17. The number of halogens is 1. The van der Waals surface area contributed by atoms with E-state index >= 15 is 0 Å². The number of rotatable bonds is 3. The number of hydrogen-bond acceptors (Lipinski definition) is 2. The normalized spacial score (nSPS) is 10.4. The molecule has 0 bridgehead atoms. The number of benzene rings is 1. The molecular formula is C16H17ClN2O. The molecule has 0 atom stereocenters. The Morgan fingerprint density at radius 2 is 2.05 bits per heavy atom. The van der Waals surface area contributed by atoms with Crippen LogP contribution in [0.5, 0.6) is 0 Å². The smallest absolute Gasteiger partial charge is 0.255 e. The van der Waals surface area contributed by atoms with E-state index in [1.807, 2.05) is 0 Å². The molecule has 1 aromatic heterocycles. The summed E-state index contributed by atoms with van der Waals surface area (Å²) in [4.78, 5) is 17.9. The first-order chi connectivity index (χ1) is 9.49. The number of amides is 1. The maximum absolute atomic E-state index is 12.4. The average molecular weight is 289 g/mol. The van der Waals surface area contributed by atoms with Gasteiger partial charge < -0.3 is 4.90 Å². The molecule has 0 spiro atoms. The van der Waals surface area contributed by atoms with E-state index in [1.54, 1.807) is 24.2 Å². The molecule has 2 aromatic rings. The molecule has 0 radical (unpaired) electrons. The number of pyridine rings is 1. The molecule has 3 nitrogen and oxygen atoms in total. The standard InChI is InChI=1S/C16H17ClN2O/c1-11-4-5-13(12(2)8-11)10-19(3)16(20)14-6-7-18-9-15(14)17/h4-9H,10H2,1-3H3. The molecule has 0 aliphatic rings. The van der Waals surface area contributed by atoms with Gasteiger partial charge in [0, 0.05) is 26.0 Å². The Labute approximate surface area is 124 Å². The van der Waals surface area contributed by atoms with Crippen LogP contribution in [0.3, 0.4) is 0 Å². The maximum Gasteiger partial charge on any atom is 0.255 e. The van der Waals surface area contributed by atoms with Gasteiger partial charge in [-0.15, -0.1) is 0 Å². The molecule has 1 amide bonds. The summed E-state index contributed by atoms with van der Waals surface area (Å²) in [7, 11) is 1.78. The molecule has 0 unspecified atom stereocenters. The van der Waals surface area contributed by atoms with E-state index < -0.39 is 0 Å². The van der Waals surface area contributed by atoms with Crippen molar-refractivity contribution in [1.29, 1.82) is 0 Å². The van der Waals surface area contributed by atoms with Gasteiger partial charge in [-0.25, -0.2) is 0 Å². The van der Waals surface area contributed by atoms with Gasteiger partial charge >= 0.3 is 0 Å². The van der Waals surface area contributed by atoms with Gasteiger partial charge in [0.2, 0.25) is 0 Å². The molecule has 0 fully saturated rings. The minimum Gasteiger partial charge on any atom is -0.337 e. The Kier molecular flexibility index (Phi) is 4.40. The number of carbonyl (C=O) groups is 1. The van der Waals surface area contributed by atoms with Crippen LogP contribution in [0.1, 0.15) is 27.0 Å². The fourth-order valence-corrected chi connectivity index (χ4v) is 2.30. The first-order valence-corrected chi connectivity index (χ1v) is 6.78. The number of hydrogen-bond donors (Lipinski definition) is 0. The van der Waals surface area contributed by atoms with E-state index in [4.69, 9.17) is 11.6 Å². The van der Waals surface area contributed by atoms with Crippen molar-refractivity contribution in [2.24, 2.45) is 0 Å². The Morgan fingerprint density at radius 3 is 2.70 bits per heavy atom. The first-order valence-electron chi connectivity index (χ1n) is 6.40. The number of aromatic nitrogens is 1. The van der Waals surface area contributed by atoms with Crippen LogP contribution in [0.4, 0.5) is 0 Å². The van der Waals surface area contributed by atoms with Gasteiger partial charge in [0.25, 0.3) is 5.91 Å². The summed E-state index contributed by atoms with van der Waals surface area (Å²) < 4.78 is 0. The van der Waals surface area contributed by atoms with Gasteiger partial charge in [0.1, 0.15) is 0 Å². The van der Waals surface area contributed by atoms with Crippen LogP contribution in [0.25, 0.3) is 0 Å². The second-order valence-electron chi connectivity index (χ2n) is 4.95. The lowest BCUT2D eigenvalue weighted by molar-refractivity contribution is 0.0785. The lowest BCUT2D eigenvalue weighted by Gasteiger charge is -2.19. The summed E-state index contributed by atoms with van der Waals surface area (Å²) in [6, 6.07) is 7.87. The fraction of sp³-hybridized carbons (Fsp3) is 0.250. The Morgan fingerprint density at radius 1 is 1.30 bits per heavy atom. The Bertz CT molecular complexity index is 640. The second kappa shape index (κ2) is 6.06. The fourth-order valence-electron chi connectivity index (χ4n) is 2.10. The predicted molar refractivity (Wildman–Crippen MR) is 81.0 cm³/mol. The van der Waals surface area contributed by atoms with E-state index in [-0.39, 0.29) is 5.91 Å². The van der Waals surface area contributed by atoms with Crippen molar-refractivity contribution in [3.8, 4) is 0 Å². The highest BCUT2D eigenvalue weighted by molar-refractivity contribution is 6.33. The highest BCUT2D eigenvalue weighted by Gasteiger charge is 2.15. The molecule has 104 valence electrons. The summed E-state index contributed by atoms with van der Waals surface area (Å²) >= 11 is 6.01. The van der Waals surface area contributed by atoms with E-state index in [0.29, 0.717) is 17.1 Å². The maximum atomic E-state index is 12.4. The van der Waals surface area contributed by atoms with Gasteiger partial charge in [-0.3, -0.25) is 9.78 Å². The van der Waals surface area contributed by atoms with Gasteiger partial charge in [0.15, 0.2) is 0 Å². The summed E-state index contributed by atoms with van der Waals surface area (Å²) in [6.07, 6.45) is 3.06.